The third kappa shape index (κ3) is 2.85. The second kappa shape index (κ2) is 6.90. The van der Waals surface area contributed by atoms with Crippen molar-refractivity contribution in [3.63, 3.8) is 0 Å². The molecule has 8 nitrogen and oxygen atoms in total. The molecule has 3 fully saturated rings. The van der Waals surface area contributed by atoms with E-state index in [1.165, 1.54) is 0 Å². The number of ether oxygens (including phenoxy) is 1. The van der Waals surface area contributed by atoms with Gasteiger partial charge in [0.25, 0.3) is 0 Å². The van der Waals surface area contributed by atoms with Crippen LogP contribution in [-0.4, -0.2) is 35.2 Å². The van der Waals surface area contributed by atoms with Gasteiger partial charge in [-0.15, -0.1) is 0 Å². The Balaban J connectivity index is 1.17. The molecule has 3 heterocycles. The Morgan fingerprint density at radius 1 is 1.26 bits per heavy atom. The molecule has 0 radical (unpaired) electrons. The van der Waals surface area contributed by atoms with Crippen molar-refractivity contribution in [1.29, 1.82) is 0 Å². The number of aromatic nitrogens is 2. The quantitative estimate of drug-likeness (QED) is 0.602. The predicted molar refractivity (Wildman–Crippen MR) is 116 cm³/mol. The number of carbonyl (C=O) groups excluding carboxylic acids is 1. The maximum Gasteiger partial charge on any atom is 0.235 e. The van der Waals surface area contributed by atoms with Gasteiger partial charge in [0.2, 0.25) is 5.91 Å². The molecule has 1 aromatic heterocycles. The number of aryl methyl sites for hydroxylation is 1. The Bertz CT molecular complexity index is 1040. The first-order chi connectivity index (χ1) is 15.1. The van der Waals surface area contributed by atoms with E-state index in [9.17, 15) is 4.79 Å². The monoisotopic (exact) mass is 420 g/mol. The third-order valence-corrected chi connectivity index (χ3v) is 7.93. The second-order valence-corrected chi connectivity index (χ2v) is 9.46. The molecular formula is C23H28N6O2. The van der Waals surface area contributed by atoms with Gasteiger partial charge in [0.05, 0.1) is 18.7 Å². The SMILES string of the molecule is COc1ccc2c(c1)[C@]1(C[C@H]1C1CCC3C(C1)NNC3Nc1ncncc1C)C(=O)N2. The molecule has 4 aliphatic rings. The van der Waals surface area contributed by atoms with E-state index in [1.807, 2.05) is 25.3 Å². The number of methoxy groups -OCH3 is 1. The van der Waals surface area contributed by atoms with Crippen LogP contribution in [0.2, 0.25) is 0 Å². The minimum Gasteiger partial charge on any atom is -0.497 e. The number of nitrogens with zero attached hydrogens (tertiary/aromatic N) is 2. The maximum atomic E-state index is 13.0. The van der Waals surface area contributed by atoms with Crippen molar-refractivity contribution in [3.8, 4) is 5.75 Å². The van der Waals surface area contributed by atoms with Crippen LogP contribution in [0.1, 0.15) is 36.8 Å². The predicted octanol–water partition coefficient (Wildman–Crippen LogP) is 2.33. The Hall–Kier alpha value is -2.71. The van der Waals surface area contributed by atoms with Gasteiger partial charge < -0.3 is 15.4 Å². The Kier molecular flexibility index (Phi) is 4.23. The molecule has 2 aromatic rings. The molecule has 1 amide bonds. The van der Waals surface area contributed by atoms with Crippen LogP contribution in [0.25, 0.3) is 0 Å². The van der Waals surface area contributed by atoms with Crippen molar-refractivity contribution in [2.75, 3.05) is 17.7 Å². The molecule has 2 aliphatic heterocycles. The number of nitrogens with one attached hydrogen (secondary N) is 4. The minimum atomic E-state index is -0.358. The lowest BCUT2D eigenvalue weighted by molar-refractivity contribution is -0.118. The summed E-state index contributed by atoms with van der Waals surface area (Å²) in [6, 6.07) is 6.34. The zero-order valence-electron chi connectivity index (χ0n) is 17.8. The van der Waals surface area contributed by atoms with Gasteiger partial charge >= 0.3 is 0 Å². The molecule has 8 heteroatoms. The first kappa shape index (κ1) is 19.0. The summed E-state index contributed by atoms with van der Waals surface area (Å²) in [5, 5.41) is 6.66. The van der Waals surface area contributed by atoms with Crippen LogP contribution in [0.15, 0.2) is 30.7 Å². The molecule has 6 rings (SSSR count). The molecule has 1 spiro atoms. The van der Waals surface area contributed by atoms with Gasteiger partial charge in [0, 0.05) is 29.4 Å². The lowest BCUT2D eigenvalue weighted by Gasteiger charge is -2.34. The molecule has 1 saturated heterocycles. The fourth-order valence-corrected chi connectivity index (χ4v) is 6.21. The third-order valence-electron chi connectivity index (χ3n) is 7.93. The summed E-state index contributed by atoms with van der Waals surface area (Å²) in [6.45, 7) is 2.02. The van der Waals surface area contributed by atoms with Gasteiger partial charge in [-0.05, 0) is 68.2 Å². The van der Waals surface area contributed by atoms with E-state index < -0.39 is 0 Å². The van der Waals surface area contributed by atoms with Crippen molar-refractivity contribution < 1.29 is 9.53 Å². The van der Waals surface area contributed by atoms with E-state index in [0.29, 0.717) is 23.8 Å². The van der Waals surface area contributed by atoms with Gasteiger partial charge in [0.1, 0.15) is 17.9 Å². The van der Waals surface area contributed by atoms with Crippen LogP contribution >= 0.6 is 0 Å². The Labute approximate surface area is 181 Å². The highest BCUT2D eigenvalue weighted by Crippen LogP contribution is 2.65. The van der Waals surface area contributed by atoms with Crippen molar-refractivity contribution >= 4 is 17.4 Å². The van der Waals surface area contributed by atoms with Crippen LogP contribution in [-0.2, 0) is 10.2 Å². The zero-order chi connectivity index (χ0) is 21.2. The molecular weight excluding hydrogens is 392 g/mol. The lowest BCUT2D eigenvalue weighted by Crippen LogP contribution is -2.39. The van der Waals surface area contributed by atoms with Crippen molar-refractivity contribution in [2.45, 2.75) is 50.2 Å². The highest BCUT2D eigenvalue weighted by atomic mass is 16.5. The first-order valence-corrected chi connectivity index (χ1v) is 11.1. The number of anilines is 2. The average molecular weight is 421 g/mol. The molecule has 4 N–H and O–H groups in total. The lowest BCUT2D eigenvalue weighted by atomic mass is 9.74. The molecule has 162 valence electrons. The average Bonchev–Trinajstić information content (AvgIpc) is 3.34. The summed E-state index contributed by atoms with van der Waals surface area (Å²) < 4.78 is 5.43. The summed E-state index contributed by atoms with van der Waals surface area (Å²) in [4.78, 5) is 21.4. The molecule has 6 atom stereocenters. The highest BCUT2D eigenvalue weighted by molar-refractivity contribution is 6.09. The van der Waals surface area contributed by atoms with Gasteiger partial charge in [-0.2, -0.15) is 0 Å². The number of rotatable bonds is 4. The summed E-state index contributed by atoms with van der Waals surface area (Å²) in [5.41, 5.74) is 9.71. The number of amides is 1. The highest BCUT2D eigenvalue weighted by Gasteiger charge is 2.67. The van der Waals surface area contributed by atoms with E-state index in [0.717, 1.165) is 54.1 Å². The smallest absolute Gasteiger partial charge is 0.235 e. The zero-order valence-corrected chi connectivity index (χ0v) is 17.8. The van der Waals surface area contributed by atoms with Crippen molar-refractivity contribution in [1.82, 2.24) is 20.8 Å². The largest absolute Gasteiger partial charge is 0.497 e. The Morgan fingerprint density at radius 2 is 2.16 bits per heavy atom. The van der Waals surface area contributed by atoms with E-state index in [4.69, 9.17) is 4.74 Å². The number of carbonyl (C=O) groups is 1. The summed E-state index contributed by atoms with van der Waals surface area (Å²) in [7, 11) is 1.68. The number of hydrazine groups is 1. The first-order valence-electron chi connectivity index (χ1n) is 11.1. The molecule has 2 saturated carbocycles. The standard InChI is InChI=1S/C23H28N6O2/c1-12-10-24-11-25-20(12)27-21-15-5-3-13(7-19(15)28-29-21)17-9-23(17)16-8-14(31-2)4-6-18(16)26-22(23)30/h4,6,8,10-11,13,15,17,19,21,28-29H,3,5,7,9H2,1-2H3,(H,26,30)(H,24,25,27)/t13?,15?,17-,19?,21?,23-/m0/s1. The van der Waals surface area contributed by atoms with Gasteiger partial charge in [-0.25, -0.2) is 15.4 Å². The summed E-state index contributed by atoms with van der Waals surface area (Å²) >= 11 is 0. The fourth-order valence-electron chi connectivity index (χ4n) is 6.21. The number of hydrogen-bond donors (Lipinski definition) is 4. The maximum absolute atomic E-state index is 13.0. The van der Waals surface area contributed by atoms with Crippen LogP contribution in [0.3, 0.4) is 0 Å². The van der Waals surface area contributed by atoms with Crippen molar-refractivity contribution in [3.05, 3.63) is 41.9 Å². The normalized spacial score (nSPS) is 35.4. The van der Waals surface area contributed by atoms with E-state index >= 15 is 0 Å². The van der Waals surface area contributed by atoms with Crippen LogP contribution in [0.5, 0.6) is 5.75 Å². The minimum absolute atomic E-state index is 0.146. The van der Waals surface area contributed by atoms with Crippen molar-refractivity contribution in [2.24, 2.45) is 17.8 Å². The van der Waals surface area contributed by atoms with E-state index in [2.05, 4.69) is 37.5 Å². The van der Waals surface area contributed by atoms with Crippen LogP contribution in [0.4, 0.5) is 11.5 Å². The molecule has 31 heavy (non-hydrogen) atoms. The topological polar surface area (TPSA) is 100 Å². The molecule has 2 aliphatic carbocycles. The number of hydrogen-bond acceptors (Lipinski definition) is 7. The van der Waals surface area contributed by atoms with Gasteiger partial charge in [-0.3, -0.25) is 10.2 Å². The van der Waals surface area contributed by atoms with Gasteiger partial charge in [-0.1, -0.05) is 0 Å². The molecule has 1 aromatic carbocycles. The summed E-state index contributed by atoms with van der Waals surface area (Å²) in [6.07, 6.45) is 7.85. The van der Waals surface area contributed by atoms with Gasteiger partial charge in [0.15, 0.2) is 0 Å². The number of fused-ring (bicyclic) bond motifs is 3. The fraction of sp³-hybridized carbons (Fsp3) is 0.522. The number of benzene rings is 1. The second-order valence-electron chi connectivity index (χ2n) is 9.46. The Morgan fingerprint density at radius 3 is 3.00 bits per heavy atom. The van der Waals surface area contributed by atoms with Crippen LogP contribution in [0, 0.1) is 24.7 Å². The van der Waals surface area contributed by atoms with E-state index in [-0.39, 0.29) is 17.5 Å². The van der Waals surface area contributed by atoms with E-state index in [1.54, 1.807) is 13.4 Å². The molecule has 0 bridgehead atoms. The van der Waals surface area contributed by atoms with Crippen LogP contribution < -0.4 is 26.2 Å². The molecule has 4 unspecified atom stereocenters. The summed E-state index contributed by atoms with van der Waals surface area (Å²) in [5.74, 6) is 3.30.